The first-order valence-corrected chi connectivity index (χ1v) is 8.41. The molecule has 0 fully saturated rings. The number of hydrogen-bond acceptors (Lipinski definition) is 6. The maximum Gasteiger partial charge on any atom is 0.238 e. The van der Waals surface area contributed by atoms with Crippen molar-refractivity contribution < 1.29 is 8.42 Å². The summed E-state index contributed by atoms with van der Waals surface area (Å²) < 4.78 is 24.2. The van der Waals surface area contributed by atoms with Crippen molar-refractivity contribution in [2.75, 3.05) is 5.32 Å². The van der Waals surface area contributed by atoms with Gasteiger partial charge in [-0.3, -0.25) is 4.68 Å². The molecule has 0 saturated heterocycles. The van der Waals surface area contributed by atoms with Crippen molar-refractivity contribution in [2.45, 2.75) is 18.4 Å². The molecule has 0 atom stereocenters. The van der Waals surface area contributed by atoms with Gasteiger partial charge in [-0.2, -0.15) is 5.10 Å². The molecular formula is C14H16N6O2S. The minimum Gasteiger partial charge on any atom is -0.364 e. The normalized spacial score (nSPS) is 11.8. The Kier molecular flexibility index (Phi) is 3.74. The maximum atomic E-state index is 11.2. The molecule has 0 aliphatic rings. The van der Waals surface area contributed by atoms with Gasteiger partial charge in [0.05, 0.1) is 10.6 Å². The fourth-order valence-corrected chi connectivity index (χ4v) is 2.90. The third-order valence-electron chi connectivity index (χ3n) is 3.50. The summed E-state index contributed by atoms with van der Waals surface area (Å²) in [5.41, 5.74) is 3.37. The van der Waals surface area contributed by atoms with Crippen LogP contribution >= 0.6 is 0 Å². The van der Waals surface area contributed by atoms with Crippen molar-refractivity contribution in [1.82, 2.24) is 19.7 Å². The lowest BCUT2D eigenvalue weighted by Crippen LogP contribution is -2.12. The van der Waals surface area contributed by atoms with Crippen LogP contribution < -0.4 is 10.5 Å². The highest BCUT2D eigenvalue weighted by molar-refractivity contribution is 7.89. The Morgan fingerprint density at radius 2 is 1.91 bits per heavy atom. The second kappa shape index (κ2) is 5.60. The monoisotopic (exact) mass is 332 g/mol. The predicted octanol–water partition coefficient (Wildman–Crippen LogP) is 0.931. The molecule has 0 radical (unpaired) electrons. The van der Waals surface area contributed by atoms with Crippen LogP contribution in [0.25, 0.3) is 11.0 Å². The molecule has 0 saturated carbocycles. The van der Waals surface area contributed by atoms with Crippen molar-refractivity contribution in [3.8, 4) is 0 Å². The van der Waals surface area contributed by atoms with Crippen molar-refractivity contribution in [3.05, 3.63) is 41.9 Å². The van der Waals surface area contributed by atoms with Gasteiger partial charge in [-0.25, -0.2) is 23.5 Å². The van der Waals surface area contributed by atoms with Crippen LogP contribution in [-0.4, -0.2) is 28.2 Å². The number of nitrogens with zero attached hydrogens (tertiary/aromatic N) is 4. The molecule has 3 N–H and O–H groups in total. The molecule has 3 aromatic rings. The van der Waals surface area contributed by atoms with E-state index in [9.17, 15) is 8.42 Å². The number of aryl methyl sites for hydroxylation is 2. The molecule has 8 nitrogen and oxygen atoms in total. The summed E-state index contributed by atoms with van der Waals surface area (Å²) in [7, 11) is -1.83. The highest BCUT2D eigenvalue weighted by Gasteiger charge is 2.12. The first kappa shape index (κ1) is 15.4. The number of anilines is 1. The van der Waals surface area contributed by atoms with Gasteiger partial charge < -0.3 is 5.32 Å². The maximum absolute atomic E-state index is 11.2. The molecule has 3 rings (SSSR count). The van der Waals surface area contributed by atoms with E-state index in [-0.39, 0.29) is 4.90 Å². The first-order chi connectivity index (χ1) is 10.9. The number of nitrogens with two attached hydrogens (primary N) is 1. The molecule has 0 aliphatic heterocycles. The Balaban J connectivity index is 1.84. The summed E-state index contributed by atoms with van der Waals surface area (Å²) in [6.07, 6.45) is 1.49. The summed E-state index contributed by atoms with van der Waals surface area (Å²) in [5, 5.41) is 12.6. The lowest BCUT2D eigenvalue weighted by Gasteiger charge is -2.08. The molecular weight excluding hydrogens is 316 g/mol. The van der Waals surface area contributed by atoms with Crippen LogP contribution in [0.15, 0.2) is 35.5 Å². The second-order valence-corrected chi connectivity index (χ2v) is 6.73. The molecule has 120 valence electrons. The molecule has 23 heavy (non-hydrogen) atoms. The molecule has 2 aromatic heterocycles. The molecule has 1 aromatic carbocycles. The molecule has 0 unspecified atom stereocenters. The minimum absolute atomic E-state index is 0.0907. The van der Waals surface area contributed by atoms with E-state index < -0.39 is 10.0 Å². The summed E-state index contributed by atoms with van der Waals surface area (Å²) >= 11 is 0. The zero-order chi connectivity index (χ0) is 16.6. The summed E-state index contributed by atoms with van der Waals surface area (Å²) in [4.78, 5) is 8.59. The fourth-order valence-electron chi connectivity index (χ4n) is 2.38. The van der Waals surface area contributed by atoms with E-state index in [1.165, 1.54) is 18.5 Å². The van der Waals surface area contributed by atoms with Crippen molar-refractivity contribution in [3.63, 3.8) is 0 Å². The SMILES string of the molecule is Cc1nn(C)c2c(NCc3ccc(S(N)(=O)=O)cc3)ncnc12. The first-order valence-electron chi connectivity index (χ1n) is 6.86. The molecule has 2 heterocycles. The van der Waals surface area contributed by atoms with E-state index in [1.54, 1.807) is 16.8 Å². The molecule has 0 bridgehead atoms. The van der Waals surface area contributed by atoms with Crippen LogP contribution in [-0.2, 0) is 23.6 Å². The highest BCUT2D eigenvalue weighted by Crippen LogP contribution is 2.21. The van der Waals surface area contributed by atoms with E-state index in [0.717, 1.165) is 22.3 Å². The van der Waals surface area contributed by atoms with E-state index in [1.807, 2.05) is 14.0 Å². The van der Waals surface area contributed by atoms with Gasteiger partial charge in [0.1, 0.15) is 17.4 Å². The highest BCUT2D eigenvalue weighted by atomic mass is 32.2. The molecule has 0 spiro atoms. The van der Waals surface area contributed by atoms with Gasteiger partial charge in [0, 0.05) is 13.6 Å². The van der Waals surface area contributed by atoms with Crippen molar-refractivity contribution >= 4 is 26.9 Å². The number of sulfonamides is 1. The van der Waals surface area contributed by atoms with Gasteiger partial charge in [-0.1, -0.05) is 12.1 Å². The average molecular weight is 332 g/mol. The third kappa shape index (κ3) is 3.01. The fraction of sp³-hybridized carbons (Fsp3) is 0.214. The Labute approximate surface area is 133 Å². The average Bonchev–Trinajstić information content (AvgIpc) is 2.80. The smallest absolute Gasteiger partial charge is 0.238 e. The quantitative estimate of drug-likeness (QED) is 0.734. The van der Waals surface area contributed by atoms with E-state index in [4.69, 9.17) is 5.14 Å². The molecule has 9 heteroatoms. The van der Waals surface area contributed by atoms with E-state index in [0.29, 0.717) is 12.4 Å². The van der Waals surface area contributed by atoms with Gasteiger partial charge in [0.25, 0.3) is 0 Å². The Morgan fingerprint density at radius 1 is 1.22 bits per heavy atom. The van der Waals surface area contributed by atoms with Crippen LogP contribution in [0.2, 0.25) is 0 Å². The minimum atomic E-state index is -3.67. The Hall–Kier alpha value is -2.52. The second-order valence-electron chi connectivity index (χ2n) is 5.17. The number of nitrogens with one attached hydrogen (secondary N) is 1. The van der Waals surface area contributed by atoms with Gasteiger partial charge in [0.15, 0.2) is 5.82 Å². The largest absolute Gasteiger partial charge is 0.364 e. The van der Waals surface area contributed by atoms with E-state index in [2.05, 4.69) is 20.4 Å². The van der Waals surface area contributed by atoms with Gasteiger partial charge in [0.2, 0.25) is 10.0 Å². The Bertz CT molecular complexity index is 963. The van der Waals surface area contributed by atoms with Crippen LogP contribution in [0, 0.1) is 6.92 Å². The number of fused-ring (bicyclic) bond motifs is 1. The lowest BCUT2D eigenvalue weighted by molar-refractivity contribution is 0.598. The number of rotatable bonds is 4. The lowest BCUT2D eigenvalue weighted by atomic mass is 10.2. The zero-order valence-electron chi connectivity index (χ0n) is 12.7. The van der Waals surface area contributed by atoms with E-state index >= 15 is 0 Å². The zero-order valence-corrected chi connectivity index (χ0v) is 13.5. The Morgan fingerprint density at radius 3 is 2.57 bits per heavy atom. The van der Waals surface area contributed by atoms with Gasteiger partial charge >= 0.3 is 0 Å². The standard InChI is InChI=1S/C14H16N6O2S/c1-9-12-13(20(2)19-9)14(18-8-17-12)16-7-10-3-5-11(6-4-10)23(15,21)22/h3-6,8H,7H2,1-2H3,(H2,15,21,22)(H,16,17,18). The summed E-state index contributed by atoms with van der Waals surface area (Å²) in [6, 6.07) is 6.38. The third-order valence-corrected chi connectivity index (χ3v) is 4.43. The molecule has 0 aliphatic carbocycles. The number of hydrogen-bond donors (Lipinski definition) is 2. The number of aromatic nitrogens is 4. The topological polar surface area (TPSA) is 116 Å². The van der Waals surface area contributed by atoms with Gasteiger partial charge in [-0.05, 0) is 24.6 Å². The van der Waals surface area contributed by atoms with Gasteiger partial charge in [-0.15, -0.1) is 0 Å². The van der Waals surface area contributed by atoms with Crippen LogP contribution in [0.3, 0.4) is 0 Å². The van der Waals surface area contributed by atoms with Crippen LogP contribution in [0.1, 0.15) is 11.3 Å². The number of primary sulfonamides is 1. The summed E-state index contributed by atoms with van der Waals surface area (Å²) in [6.45, 7) is 2.38. The number of benzene rings is 1. The predicted molar refractivity (Wildman–Crippen MR) is 86.2 cm³/mol. The molecule has 0 amide bonds. The van der Waals surface area contributed by atoms with Crippen molar-refractivity contribution in [1.29, 1.82) is 0 Å². The summed E-state index contributed by atoms with van der Waals surface area (Å²) in [5.74, 6) is 0.675. The van der Waals surface area contributed by atoms with Crippen LogP contribution in [0.4, 0.5) is 5.82 Å². The van der Waals surface area contributed by atoms with Crippen molar-refractivity contribution in [2.24, 2.45) is 12.2 Å². The van der Waals surface area contributed by atoms with Crippen LogP contribution in [0.5, 0.6) is 0 Å².